The number of carbonyl (C=O) groups excluding carboxylic acids is 3. The van der Waals surface area contributed by atoms with Gasteiger partial charge in [0.25, 0.3) is 11.8 Å². The second-order valence-electron chi connectivity index (χ2n) is 6.86. The monoisotopic (exact) mass is 376 g/mol. The maximum atomic E-state index is 12.3. The van der Waals surface area contributed by atoms with Gasteiger partial charge in [0.15, 0.2) is 0 Å². The predicted octanol–water partition coefficient (Wildman–Crippen LogP) is 1.12. The van der Waals surface area contributed by atoms with E-state index in [-0.39, 0.29) is 18.1 Å². The van der Waals surface area contributed by atoms with Gasteiger partial charge in [0.2, 0.25) is 0 Å². The predicted molar refractivity (Wildman–Crippen MR) is 97.4 cm³/mol. The average molecular weight is 376 g/mol. The molecule has 1 atom stereocenters. The van der Waals surface area contributed by atoms with Gasteiger partial charge in [-0.25, -0.2) is 4.79 Å². The molecule has 10 nitrogen and oxygen atoms in total. The molecule has 0 saturated carbocycles. The highest BCUT2D eigenvalue weighted by atomic mass is 16.6. The lowest BCUT2D eigenvalue weighted by Crippen LogP contribution is -2.46. The van der Waals surface area contributed by atoms with E-state index in [9.17, 15) is 14.4 Å². The number of carbonyl (C=O) groups is 3. The van der Waals surface area contributed by atoms with E-state index in [1.54, 1.807) is 45.2 Å². The largest absolute Gasteiger partial charge is 0.444 e. The minimum atomic E-state index is -0.859. The lowest BCUT2D eigenvalue weighted by molar-refractivity contribution is -0.118. The maximum absolute atomic E-state index is 12.3. The normalized spacial score (nSPS) is 12.1. The molecule has 2 aromatic rings. The molecule has 0 bridgehead atoms. The summed E-state index contributed by atoms with van der Waals surface area (Å²) in [6.45, 7) is 6.94. The van der Waals surface area contributed by atoms with Crippen LogP contribution in [0, 0.1) is 0 Å². The first-order valence-corrected chi connectivity index (χ1v) is 8.40. The summed E-state index contributed by atoms with van der Waals surface area (Å²) in [6.07, 6.45) is 2.49. The number of nitrogens with one attached hydrogen (secondary N) is 4. The highest BCUT2D eigenvalue weighted by Crippen LogP contribution is 2.07. The van der Waals surface area contributed by atoms with Crippen LogP contribution in [0.15, 0.2) is 30.6 Å². The Kier molecular flexibility index (Phi) is 6.22. The van der Waals surface area contributed by atoms with Crippen LogP contribution in [0.2, 0.25) is 0 Å². The van der Waals surface area contributed by atoms with Crippen LogP contribution in [-0.4, -0.2) is 44.4 Å². The van der Waals surface area contributed by atoms with E-state index in [1.807, 2.05) is 0 Å². The molecule has 2 aromatic heterocycles. The minimum Gasteiger partial charge on any atom is -0.444 e. The molecule has 4 N–H and O–H groups in total. The van der Waals surface area contributed by atoms with Crippen molar-refractivity contribution in [3.8, 4) is 0 Å². The van der Waals surface area contributed by atoms with Crippen LogP contribution >= 0.6 is 0 Å². The third kappa shape index (κ3) is 6.17. The van der Waals surface area contributed by atoms with Crippen LogP contribution in [0.1, 0.15) is 43.9 Å². The zero-order chi connectivity index (χ0) is 20.0. The van der Waals surface area contributed by atoms with Crippen LogP contribution in [-0.2, 0) is 16.1 Å². The van der Waals surface area contributed by atoms with Crippen LogP contribution < -0.4 is 16.1 Å². The molecule has 0 aliphatic rings. The van der Waals surface area contributed by atoms with Crippen LogP contribution in [0.5, 0.6) is 0 Å². The summed E-state index contributed by atoms with van der Waals surface area (Å²) in [5, 5.41) is 11.8. The minimum absolute atomic E-state index is 0.239. The number of aromatic amines is 1. The molecular weight excluding hydrogens is 352 g/mol. The Morgan fingerprint density at radius 3 is 2.67 bits per heavy atom. The Morgan fingerprint density at radius 2 is 2.04 bits per heavy atom. The van der Waals surface area contributed by atoms with E-state index in [1.165, 1.54) is 17.8 Å². The maximum Gasteiger partial charge on any atom is 0.408 e. The summed E-state index contributed by atoms with van der Waals surface area (Å²) in [6, 6.07) is 4.06. The average Bonchev–Trinajstić information content (AvgIpc) is 3.22. The fourth-order valence-corrected chi connectivity index (χ4v) is 2.08. The molecule has 10 heteroatoms. The van der Waals surface area contributed by atoms with Gasteiger partial charge in [0.05, 0.1) is 12.2 Å². The molecule has 0 spiro atoms. The molecule has 0 fully saturated rings. The fourth-order valence-electron chi connectivity index (χ4n) is 2.08. The highest BCUT2D eigenvalue weighted by molar-refractivity contribution is 5.95. The number of alkyl carbamates (subject to hydrolysis) is 1. The molecule has 0 aliphatic carbocycles. The van der Waals surface area contributed by atoms with Crippen LogP contribution in [0.4, 0.5) is 4.79 Å². The Balaban J connectivity index is 1.91. The lowest BCUT2D eigenvalue weighted by Gasteiger charge is -2.22. The van der Waals surface area contributed by atoms with Gasteiger partial charge in [0.1, 0.15) is 17.3 Å². The first-order chi connectivity index (χ1) is 12.7. The van der Waals surface area contributed by atoms with Crippen molar-refractivity contribution in [2.75, 3.05) is 5.43 Å². The van der Waals surface area contributed by atoms with Crippen molar-refractivity contribution < 1.29 is 19.1 Å². The summed E-state index contributed by atoms with van der Waals surface area (Å²) in [5.41, 5.74) is 2.81. The molecule has 0 unspecified atom stereocenters. The van der Waals surface area contributed by atoms with Gasteiger partial charge in [-0.2, -0.15) is 5.10 Å². The Labute approximate surface area is 156 Å². The lowest BCUT2D eigenvalue weighted by atomic mass is 10.2. The number of rotatable bonds is 6. The molecule has 0 aliphatic heterocycles. The number of H-pyrrole nitrogens is 1. The number of nitrogens with zero attached hydrogens (tertiary/aromatic N) is 2. The first-order valence-electron chi connectivity index (χ1n) is 8.40. The number of hydrogen-bond acceptors (Lipinski definition) is 5. The van der Waals surface area contributed by atoms with Gasteiger partial charge < -0.3 is 15.4 Å². The van der Waals surface area contributed by atoms with Crippen molar-refractivity contribution >= 4 is 17.9 Å². The third-order valence-corrected chi connectivity index (χ3v) is 3.33. The van der Waals surface area contributed by atoms with E-state index in [0.29, 0.717) is 5.69 Å². The van der Waals surface area contributed by atoms with Crippen molar-refractivity contribution in [1.29, 1.82) is 0 Å². The zero-order valence-corrected chi connectivity index (χ0v) is 15.7. The SMILES string of the molecule is C[C@H](NC(=O)OC(C)(C)C)C(=O)Nn1cccc1C(=O)NCc1cc[nH]n1. The van der Waals surface area contributed by atoms with Gasteiger partial charge in [-0.1, -0.05) is 0 Å². The van der Waals surface area contributed by atoms with Crippen molar-refractivity contribution in [2.24, 2.45) is 0 Å². The van der Waals surface area contributed by atoms with Crippen LogP contribution in [0.25, 0.3) is 0 Å². The van der Waals surface area contributed by atoms with E-state index >= 15 is 0 Å². The molecular formula is C17H24N6O4. The zero-order valence-electron chi connectivity index (χ0n) is 15.7. The summed E-state index contributed by atoms with van der Waals surface area (Å²) in [7, 11) is 0. The Bertz CT molecular complexity index is 791. The van der Waals surface area contributed by atoms with E-state index in [4.69, 9.17) is 4.74 Å². The molecule has 2 heterocycles. The molecule has 3 amide bonds. The van der Waals surface area contributed by atoms with E-state index < -0.39 is 23.6 Å². The molecule has 27 heavy (non-hydrogen) atoms. The quantitative estimate of drug-likeness (QED) is 0.600. The first kappa shape index (κ1) is 20.0. The van der Waals surface area contributed by atoms with Crippen molar-refractivity contribution in [1.82, 2.24) is 25.5 Å². The van der Waals surface area contributed by atoms with Crippen LogP contribution in [0.3, 0.4) is 0 Å². The molecule has 0 radical (unpaired) electrons. The second-order valence-corrected chi connectivity index (χ2v) is 6.86. The van der Waals surface area contributed by atoms with Gasteiger partial charge >= 0.3 is 6.09 Å². The highest BCUT2D eigenvalue weighted by Gasteiger charge is 2.22. The molecule has 2 rings (SSSR count). The molecule has 146 valence electrons. The topological polar surface area (TPSA) is 130 Å². The number of ether oxygens (including phenoxy) is 1. The number of aromatic nitrogens is 3. The third-order valence-electron chi connectivity index (χ3n) is 3.33. The Hall–Kier alpha value is -3.30. The van der Waals surface area contributed by atoms with E-state index in [0.717, 1.165) is 0 Å². The number of hydrogen-bond donors (Lipinski definition) is 4. The summed E-state index contributed by atoms with van der Waals surface area (Å²) in [4.78, 5) is 36.3. The second kappa shape index (κ2) is 8.39. The Morgan fingerprint density at radius 1 is 1.30 bits per heavy atom. The van der Waals surface area contributed by atoms with Gasteiger partial charge in [-0.05, 0) is 45.9 Å². The smallest absolute Gasteiger partial charge is 0.408 e. The fraction of sp³-hybridized carbons (Fsp3) is 0.412. The molecule has 0 aromatic carbocycles. The van der Waals surface area contributed by atoms with Gasteiger partial charge in [0, 0.05) is 12.4 Å². The van der Waals surface area contributed by atoms with Gasteiger partial charge in [-0.3, -0.25) is 24.8 Å². The summed E-state index contributed by atoms with van der Waals surface area (Å²) >= 11 is 0. The number of amides is 3. The van der Waals surface area contributed by atoms with E-state index in [2.05, 4.69) is 26.3 Å². The van der Waals surface area contributed by atoms with Crippen molar-refractivity contribution in [3.63, 3.8) is 0 Å². The standard InChI is InChI=1S/C17H24N6O4/c1-11(20-16(26)27-17(2,3)4)14(24)22-23-9-5-6-13(23)15(25)18-10-12-7-8-19-21-12/h5-9,11H,10H2,1-4H3,(H,18,25)(H,19,21)(H,20,26)(H,22,24)/t11-/m0/s1. The van der Waals surface area contributed by atoms with Crippen molar-refractivity contribution in [3.05, 3.63) is 42.0 Å². The summed E-state index contributed by atoms with van der Waals surface area (Å²) < 4.78 is 6.40. The molecule has 0 saturated heterocycles. The van der Waals surface area contributed by atoms with Crippen molar-refractivity contribution in [2.45, 2.75) is 45.9 Å². The summed E-state index contributed by atoms with van der Waals surface area (Å²) in [5.74, 6) is -0.880. The van der Waals surface area contributed by atoms with Gasteiger partial charge in [-0.15, -0.1) is 0 Å².